The summed E-state index contributed by atoms with van der Waals surface area (Å²) in [5, 5.41) is 3.42. The number of benzene rings is 1. The van der Waals surface area contributed by atoms with Gasteiger partial charge in [0.2, 0.25) is 0 Å². The Labute approximate surface area is 170 Å². The first-order valence-corrected chi connectivity index (χ1v) is 9.57. The lowest BCUT2D eigenvalue weighted by atomic mass is 10.0. The van der Waals surface area contributed by atoms with Crippen LogP contribution in [0, 0.1) is 0 Å². The van der Waals surface area contributed by atoms with Crippen LogP contribution in [0.3, 0.4) is 0 Å². The molecule has 1 saturated heterocycles. The zero-order valence-corrected chi connectivity index (χ0v) is 16.4. The number of carbonyl (C=O) groups excluding carboxylic acids is 2. The maximum atomic E-state index is 11.8. The number of furan rings is 1. The number of nitrogens with zero attached hydrogens (tertiary/aromatic N) is 1. The van der Waals surface area contributed by atoms with Gasteiger partial charge in [-0.3, -0.25) is 14.6 Å². The van der Waals surface area contributed by atoms with E-state index in [4.69, 9.17) is 21.4 Å². The second-order valence-electron chi connectivity index (χ2n) is 6.08. The lowest BCUT2D eigenvalue weighted by Gasteiger charge is -2.05. The largest absolute Gasteiger partial charge is 0.461 e. The standard InChI is InChI=1S/C20H14N2O4S2/c1-11(23)25-10-12-2-4-13(5-3-12)16-9-21-8-14-6-15(26-18(14)16)7-17-19(24)22-20(27)28-17/h2-9H,10H2,1H3,(H,22,24,27)/b17-7+. The van der Waals surface area contributed by atoms with E-state index in [0.29, 0.717) is 20.6 Å². The number of rotatable bonds is 4. The van der Waals surface area contributed by atoms with Crippen LogP contribution in [0.4, 0.5) is 0 Å². The van der Waals surface area contributed by atoms with Gasteiger partial charge in [-0.05, 0) is 17.2 Å². The number of hydrogen-bond acceptors (Lipinski definition) is 7. The van der Waals surface area contributed by atoms with Crippen LogP contribution in [-0.4, -0.2) is 21.2 Å². The van der Waals surface area contributed by atoms with Crippen LogP contribution in [0.2, 0.25) is 0 Å². The van der Waals surface area contributed by atoms with Crippen LogP contribution in [0.15, 0.2) is 52.0 Å². The minimum atomic E-state index is -0.315. The van der Waals surface area contributed by atoms with Gasteiger partial charge >= 0.3 is 5.97 Å². The first-order valence-electron chi connectivity index (χ1n) is 8.35. The van der Waals surface area contributed by atoms with E-state index in [-0.39, 0.29) is 18.5 Å². The first-order chi connectivity index (χ1) is 13.5. The molecule has 0 atom stereocenters. The van der Waals surface area contributed by atoms with Gasteiger partial charge in [-0.15, -0.1) is 0 Å². The fourth-order valence-electron chi connectivity index (χ4n) is 2.77. The second kappa shape index (κ2) is 7.57. The molecule has 4 rings (SSSR count). The Kier molecular flexibility index (Phi) is 4.97. The Balaban J connectivity index is 1.66. The lowest BCUT2D eigenvalue weighted by molar-refractivity contribution is -0.142. The highest BCUT2D eigenvalue weighted by molar-refractivity contribution is 8.26. The third kappa shape index (κ3) is 3.83. The van der Waals surface area contributed by atoms with Crippen LogP contribution in [0.5, 0.6) is 0 Å². The summed E-state index contributed by atoms with van der Waals surface area (Å²) in [6, 6.07) is 9.47. The van der Waals surface area contributed by atoms with Crippen molar-refractivity contribution in [1.82, 2.24) is 10.3 Å². The van der Waals surface area contributed by atoms with E-state index in [2.05, 4.69) is 10.3 Å². The number of carbonyl (C=O) groups is 2. The molecule has 0 saturated carbocycles. The van der Waals surface area contributed by atoms with Crippen molar-refractivity contribution in [3.8, 4) is 11.1 Å². The van der Waals surface area contributed by atoms with Crippen molar-refractivity contribution in [2.75, 3.05) is 0 Å². The normalized spacial score (nSPS) is 15.2. The van der Waals surface area contributed by atoms with Gasteiger partial charge in [-0.2, -0.15) is 0 Å². The number of thiocarbonyl (C=S) groups is 1. The molecule has 1 fully saturated rings. The Bertz CT molecular complexity index is 1130. The zero-order chi connectivity index (χ0) is 19.7. The minimum Gasteiger partial charge on any atom is -0.461 e. The molecule has 8 heteroatoms. The predicted octanol–water partition coefficient (Wildman–Crippen LogP) is 4.05. The molecule has 0 spiro atoms. The molecule has 0 bridgehead atoms. The molecule has 0 unspecified atom stereocenters. The summed E-state index contributed by atoms with van der Waals surface area (Å²) in [5.41, 5.74) is 3.33. The van der Waals surface area contributed by atoms with Gasteiger partial charge in [-0.1, -0.05) is 48.2 Å². The number of nitrogens with one attached hydrogen (secondary N) is 1. The fraction of sp³-hybridized carbons (Fsp3) is 0.100. The first kappa shape index (κ1) is 18.4. The van der Waals surface area contributed by atoms with E-state index in [0.717, 1.165) is 22.1 Å². The van der Waals surface area contributed by atoms with Gasteiger partial charge in [0.05, 0.1) is 4.91 Å². The van der Waals surface area contributed by atoms with E-state index in [9.17, 15) is 9.59 Å². The van der Waals surface area contributed by atoms with Crippen molar-refractivity contribution in [1.29, 1.82) is 0 Å². The van der Waals surface area contributed by atoms with Gasteiger partial charge in [0.25, 0.3) is 5.91 Å². The average molecular weight is 410 g/mol. The van der Waals surface area contributed by atoms with Gasteiger partial charge in [0, 0.05) is 36.3 Å². The van der Waals surface area contributed by atoms with E-state index in [1.807, 2.05) is 30.3 Å². The molecule has 2 aromatic heterocycles. The summed E-state index contributed by atoms with van der Waals surface area (Å²) in [5.74, 6) is 0.0143. The number of fused-ring (bicyclic) bond motifs is 1. The molecule has 6 nitrogen and oxygen atoms in total. The third-order valence-electron chi connectivity index (χ3n) is 4.06. The van der Waals surface area contributed by atoms with Crippen LogP contribution >= 0.6 is 24.0 Å². The summed E-state index contributed by atoms with van der Waals surface area (Å²) in [7, 11) is 0. The number of amides is 1. The molecule has 1 aliphatic rings. The van der Waals surface area contributed by atoms with Crippen molar-refractivity contribution in [3.63, 3.8) is 0 Å². The molecule has 28 heavy (non-hydrogen) atoms. The number of hydrogen-bond donors (Lipinski definition) is 1. The summed E-state index contributed by atoms with van der Waals surface area (Å²) < 4.78 is 11.4. The van der Waals surface area contributed by atoms with Gasteiger partial charge in [0.15, 0.2) is 0 Å². The number of pyridine rings is 1. The van der Waals surface area contributed by atoms with Crippen LogP contribution in [-0.2, 0) is 20.9 Å². The van der Waals surface area contributed by atoms with Crippen molar-refractivity contribution >= 4 is 57.2 Å². The maximum absolute atomic E-state index is 11.8. The Hall–Kier alpha value is -2.97. The fourth-order valence-corrected chi connectivity index (χ4v) is 3.80. The summed E-state index contributed by atoms with van der Waals surface area (Å²) in [6.07, 6.45) is 5.12. The smallest absolute Gasteiger partial charge is 0.302 e. The number of esters is 1. The molecule has 1 aromatic carbocycles. The molecule has 3 heterocycles. The molecule has 1 N–H and O–H groups in total. The second-order valence-corrected chi connectivity index (χ2v) is 7.80. The van der Waals surface area contributed by atoms with Gasteiger partial charge < -0.3 is 14.5 Å². The lowest BCUT2D eigenvalue weighted by Crippen LogP contribution is -2.17. The minimum absolute atomic E-state index is 0.225. The highest BCUT2D eigenvalue weighted by Crippen LogP contribution is 2.33. The van der Waals surface area contributed by atoms with Crippen molar-refractivity contribution in [2.24, 2.45) is 0 Å². The van der Waals surface area contributed by atoms with E-state index in [1.54, 1.807) is 18.5 Å². The molecular formula is C20H14N2O4S2. The average Bonchev–Trinajstić information content (AvgIpc) is 3.22. The molecule has 1 amide bonds. The Morgan fingerprint density at radius 3 is 2.79 bits per heavy atom. The SMILES string of the molecule is CC(=O)OCc1ccc(-c2cncc3cc(/C=C4/SC(=S)NC4=O)oc23)cc1. The highest BCUT2D eigenvalue weighted by atomic mass is 32.2. The van der Waals surface area contributed by atoms with Crippen molar-refractivity contribution in [2.45, 2.75) is 13.5 Å². The van der Waals surface area contributed by atoms with Gasteiger partial charge in [-0.25, -0.2) is 0 Å². The molecule has 140 valence electrons. The maximum Gasteiger partial charge on any atom is 0.302 e. The van der Waals surface area contributed by atoms with E-state index >= 15 is 0 Å². The Morgan fingerprint density at radius 1 is 1.32 bits per heavy atom. The molecular weight excluding hydrogens is 396 g/mol. The topological polar surface area (TPSA) is 81.4 Å². The van der Waals surface area contributed by atoms with Crippen LogP contribution < -0.4 is 5.32 Å². The number of thioether (sulfide) groups is 1. The van der Waals surface area contributed by atoms with Crippen molar-refractivity contribution < 1.29 is 18.7 Å². The predicted molar refractivity (Wildman–Crippen MR) is 111 cm³/mol. The van der Waals surface area contributed by atoms with E-state index < -0.39 is 0 Å². The number of aromatic nitrogens is 1. The summed E-state index contributed by atoms with van der Waals surface area (Å²) >= 11 is 6.21. The molecule has 1 aliphatic heterocycles. The van der Waals surface area contributed by atoms with E-state index in [1.165, 1.54) is 18.7 Å². The summed E-state index contributed by atoms with van der Waals surface area (Å²) in [6.45, 7) is 1.61. The molecule has 3 aromatic rings. The zero-order valence-electron chi connectivity index (χ0n) is 14.7. The molecule has 0 radical (unpaired) electrons. The third-order valence-corrected chi connectivity index (χ3v) is 5.23. The van der Waals surface area contributed by atoms with Gasteiger partial charge in [0.1, 0.15) is 22.3 Å². The molecule has 0 aliphatic carbocycles. The highest BCUT2D eigenvalue weighted by Gasteiger charge is 2.22. The summed E-state index contributed by atoms with van der Waals surface area (Å²) in [4.78, 5) is 27.6. The van der Waals surface area contributed by atoms with Crippen molar-refractivity contribution in [3.05, 3.63) is 59.0 Å². The quantitative estimate of drug-likeness (QED) is 0.395. The van der Waals surface area contributed by atoms with Crippen LogP contribution in [0.25, 0.3) is 28.2 Å². The monoisotopic (exact) mass is 410 g/mol. The van der Waals surface area contributed by atoms with Crippen LogP contribution in [0.1, 0.15) is 18.2 Å². The Morgan fingerprint density at radius 2 is 2.11 bits per heavy atom. The number of ether oxygens (including phenoxy) is 1.